The number of hydrogen-bond donors (Lipinski definition) is 0. The van der Waals surface area contributed by atoms with E-state index in [-0.39, 0.29) is 5.78 Å². The van der Waals surface area contributed by atoms with E-state index in [0.717, 1.165) is 16.7 Å². The molecule has 106 valence electrons. The van der Waals surface area contributed by atoms with Crippen LogP contribution in [0.5, 0.6) is 0 Å². The van der Waals surface area contributed by atoms with Crippen molar-refractivity contribution in [3.63, 3.8) is 0 Å². The van der Waals surface area contributed by atoms with Crippen molar-refractivity contribution in [3.05, 3.63) is 70.8 Å². The van der Waals surface area contributed by atoms with Crippen molar-refractivity contribution in [2.75, 3.05) is 0 Å². The van der Waals surface area contributed by atoms with Crippen LogP contribution in [0, 0.1) is 25.2 Å². The molecule has 21 heavy (non-hydrogen) atoms. The van der Waals surface area contributed by atoms with Crippen LogP contribution in [0.4, 0.5) is 0 Å². The van der Waals surface area contributed by atoms with Gasteiger partial charge in [0.05, 0.1) is 6.07 Å². The number of carbonyl (C=O) groups excluding carboxylic acids is 1. The Balaban J connectivity index is 2.04. The number of nitriles is 1. The quantitative estimate of drug-likeness (QED) is 0.825. The normalized spacial score (nSPS) is 11.7. The van der Waals surface area contributed by atoms with Gasteiger partial charge in [0.2, 0.25) is 0 Å². The van der Waals surface area contributed by atoms with Crippen LogP contribution in [0.1, 0.15) is 34.6 Å². The third-order valence-corrected chi connectivity index (χ3v) is 3.61. The summed E-state index contributed by atoms with van der Waals surface area (Å²) >= 11 is 0. The molecule has 0 aliphatic heterocycles. The molecule has 0 heterocycles. The van der Waals surface area contributed by atoms with Gasteiger partial charge in [0.15, 0.2) is 5.78 Å². The summed E-state index contributed by atoms with van der Waals surface area (Å²) in [7, 11) is 0. The Labute approximate surface area is 126 Å². The van der Waals surface area contributed by atoms with Crippen LogP contribution >= 0.6 is 0 Å². The first kappa shape index (κ1) is 15.0. The Morgan fingerprint density at radius 3 is 2.43 bits per heavy atom. The number of nitrogens with zero attached hydrogens (tertiary/aromatic N) is 1. The molecule has 1 unspecified atom stereocenters. The molecular formula is C19H19NO. The van der Waals surface area contributed by atoms with E-state index in [1.165, 1.54) is 5.56 Å². The molecule has 2 rings (SSSR count). The van der Waals surface area contributed by atoms with Gasteiger partial charge in [-0.1, -0.05) is 59.7 Å². The summed E-state index contributed by atoms with van der Waals surface area (Å²) in [6.45, 7) is 4.01. The molecule has 0 spiro atoms. The van der Waals surface area contributed by atoms with Crippen molar-refractivity contribution < 1.29 is 4.79 Å². The zero-order valence-corrected chi connectivity index (χ0v) is 12.5. The highest BCUT2D eigenvalue weighted by Gasteiger charge is 2.19. The van der Waals surface area contributed by atoms with Gasteiger partial charge in [-0.05, 0) is 31.4 Å². The van der Waals surface area contributed by atoms with E-state index in [4.69, 9.17) is 0 Å². The zero-order chi connectivity index (χ0) is 15.2. The van der Waals surface area contributed by atoms with E-state index in [0.29, 0.717) is 12.8 Å². The largest absolute Gasteiger partial charge is 0.298 e. The number of hydrogen-bond acceptors (Lipinski definition) is 2. The van der Waals surface area contributed by atoms with Crippen LogP contribution in [-0.2, 0) is 11.2 Å². The Bertz CT molecular complexity index is 665. The maximum Gasteiger partial charge on any atom is 0.154 e. The number of Topliss-reactive ketones (excluding diaryl/α,β-unsaturated/α-hetero) is 1. The Hall–Kier alpha value is -2.40. The molecule has 2 heteroatoms. The van der Waals surface area contributed by atoms with Gasteiger partial charge in [-0.25, -0.2) is 0 Å². The van der Waals surface area contributed by atoms with E-state index in [1.54, 1.807) is 0 Å². The lowest BCUT2D eigenvalue weighted by molar-refractivity contribution is -0.119. The molecule has 0 radical (unpaired) electrons. The third-order valence-electron chi connectivity index (χ3n) is 3.61. The van der Waals surface area contributed by atoms with E-state index < -0.39 is 5.92 Å². The Morgan fingerprint density at radius 2 is 1.81 bits per heavy atom. The Kier molecular flexibility index (Phi) is 4.90. The molecule has 0 aliphatic rings. The summed E-state index contributed by atoms with van der Waals surface area (Å²) < 4.78 is 0. The first-order valence-corrected chi connectivity index (χ1v) is 7.14. The monoisotopic (exact) mass is 277 g/mol. The highest BCUT2D eigenvalue weighted by Crippen LogP contribution is 2.20. The highest BCUT2D eigenvalue weighted by molar-refractivity contribution is 5.88. The summed E-state index contributed by atoms with van der Waals surface area (Å²) in [4.78, 5) is 12.3. The molecule has 0 aliphatic carbocycles. The lowest BCUT2D eigenvalue weighted by atomic mass is 9.91. The summed E-state index contributed by atoms with van der Waals surface area (Å²) in [5.74, 6) is -0.668. The standard InChI is InChI=1S/C19H19NO/c1-14-6-8-16(9-7-14)10-11-19(21)18(13-20)17-5-3-4-15(2)12-17/h3-9,12,18H,10-11H2,1-2H3. The lowest BCUT2D eigenvalue weighted by Gasteiger charge is -2.09. The molecule has 2 aromatic carbocycles. The second-order valence-electron chi connectivity index (χ2n) is 5.43. The van der Waals surface area contributed by atoms with Crippen molar-refractivity contribution in [1.82, 2.24) is 0 Å². The molecule has 0 saturated heterocycles. The number of carbonyl (C=O) groups is 1. The minimum atomic E-state index is -0.657. The molecule has 2 nitrogen and oxygen atoms in total. The predicted octanol–water partition coefficient (Wildman–Crippen LogP) is 4.11. The summed E-state index contributed by atoms with van der Waals surface area (Å²) in [5, 5.41) is 9.30. The van der Waals surface area contributed by atoms with Crippen LogP contribution in [0.2, 0.25) is 0 Å². The summed E-state index contributed by atoms with van der Waals surface area (Å²) in [5.41, 5.74) is 4.21. The van der Waals surface area contributed by atoms with E-state index in [9.17, 15) is 10.1 Å². The van der Waals surface area contributed by atoms with Gasteiger partial charge in [-0.15, -0.1) is 0 Å². The molecule has 2 aromatic rings. The molecular weight excluding hydrogens is 258 g/mol. The maximum atomic E-state index is 12.3. The zero-order valence-electron chi connectivity index (χ0n) is 12.5. The average molecular weight is 277 g/mol. The smallest absolute Gasteiger partial charge is 0.154 e. The van der Waals surface area contributed by atoms with Crippen molar-refractivity contribution in [1.29, 1.82) is 5.26 Å². The van der Waals surface area contributed by atoms with Gasteiger partial charge >= 0.3 is 0 Å². The van der Waals surface area contributed by atoms with Crippen LogP contribution < -0.4 is 0 Å². The van der Waals surface area contributed by atoms with Gasteiger partial charge in [0, 0.05) is 6.42 Å². The fourth-order valence-electron chi connectivity index (χ4n) is 2.35. The summed E-state index contributed by atoms with van der Waals surface area (Å²) in [6, 6.07) is 17.9. The fourth-order valence-corrected chi connectivity index (χ4v) is 2.35. The van der Waals surface area contributed by atoms with Gasteiger partial charge < -0.3 is 0 Å². The van der Waals surface area contributed by atoms with Crippen molar-refractivity contribution in [2.45, 2.75) is 32.6 Å². The fraction of sp³-hybridized carbons (Fsp3) is 0.263. The number of rotatable bonds is 5. The van der Waals surface area contributed by atoms with Crippen molar-refractivity contribution in [2.24, 2.45) is 0 Å². The first-order chi connectivity index (χ1) is 10.1. The molecule has 0 aromatic heterocycles. The number of benzene rings is 2. The van der Waals surface area contributed by atoms with Gasteiger partial charge in [-0.3, -0.25) is 4.79 Å². The molecule has 0 N–H and O–H groups in total. The lowest BCUT2D eigenvalue weighted by Crippen LogP contribution is -2.12. The summed E-state index contributed by atoms with van der Waals surface area (Å²) in [6.07, 6.45) is 1.08. The van der Waals surface area contributed by atoms with Crippen LogP contribution in [0.25, 0.3) is 0 Å². The molecule has 0 saturated carbocycles. The Morgan fingerprint density at radius 1 is 1.10 bits per heavy atom. The van der Waals surface area contributed by atoms with Crippen LogP contribution in [0.3, 0.4) is 0 Å². The SMILES string of the molecule is Cc1ccc(CCC(=O)C(C#N)c2cccc(C)c2)cc1. The topological polar surface area (TPSA) is 40.9 Å². The second kappa shape index (κ2) is 6.85. The van der Waals surface area contributed by atoms with E-state index in [1.807, 2.05) is 62.4 Å². The maximum absolute atomic E-state index is 12.3. The minimum Gasteiger partial charge on any atom is -0.298 e. The van der Waals surface area contributed by atoms with Crippen LogP contribution in [-0.4, -0.2) is 5.78 Å². The van der Waals surface area contributed by atoms with Gasteiger partial charge in [0.1, 0.15) is 5.92 Å². The van der Waals surface area contributed by atoms with Crippen molar-refractivity contribution >= 4 is 5.78 Å². The molecule has 0 bridgehead atoms. The van der Waals surface area contributed by atoms with E-state index in [2.05, 4.69) is 6.07 Å². The first-order valence-electron chi connectivity index (χ1n) is 7.14. The number of ketones is 1. The van der Waals surface area contributed by atoms with Gasteiger partial charge in [0.25, 0.3) is 0 Å². The molecule has 0 fully saturated rings. The predicted molar refractivity (Wildman–Crippen MR) is 84.0 cm³/mol. The second-order valence-corrected chi connectivity index (χ2v) is 5.43. The van der Waals surface area contributed by atoms with Gasteiger partial charge in [-0.2, -0.15) is 5.26 Å². The van der Waals surface area contributed by atoms with Crippen molar-refractivity contribution in [3.8, 4) is 6.07 Å². The van der Waals surface area contributed by atoms with E-state index >= 15 is 0 Å². The number of aryl methyl sites for hydroxylation is 3. The van der Waals surface area contributed by atoms with Crippen LogP contribution in [0.15, 0.2) is 48.5 Å². The minimum absolute atomic E-state index is 0.0105. The molecule has 1 atom stereocenters. The molecule has 0 amide bonds. The average Bonchev–Trinajstić information content (AvgIpc) is 2.47. The highest BCUT2D eigenvalue weighted by atomic mass is 16.1. The third kappa shape index (κ3) is 4.03.